The van der Waals surface area contributed by atoms with E-state index in [4.69, 9.17) is 10.7 Å². The molecule has 8 nitrogen and oxygen atoms in total. The van der Waals surface area contributed by atoms with Gasteiger partial charge >= 0.3 is 0 Å². The number of hydrogen-bond acceptors (Lipinski definition) is 7. The van der Waals surface area contributed by atoms with Gasteiger partial charge in [-0.1, -0.05) is 6.08 Å². The van der Waals surface area contributed by atoms with Gasteiger partial charge in [0.1, 0.15) is 12.0 Å². The minimum Gasteiger partial charge on any atom is -0.364 e. The van der Waals surface area contributed by atoms with E-state index in [2.05, 4.69) is 30.8 Å². The molecule has 28 heavy (non-hydrogen) atoms. The van der Waals surface area contributed by atoms with E-state index < -0.39 is 11.3 Å². The molecule has 140 valence electrons. The number of dihydropyridines is 1. The van der Waals surface area contributed by atoms with Crippen molar-refractivity contribution in [2.45, 2.75) is 24.3 Å². The summed E-state index contributed by atoms with van der Waals surface area (Å²) < 4.78 is 2.10. The van der Waals surface area contributed by atoms with Crippen LogP contribution in [0.5, 0.6) is 0 Å². The Balaban J connectivity index is 1.60. The lowest BCUT2D eigenvalue weighted by atomic mass is 9.77. The largest absolute Gasteiger partial charge is 0.364 e. The number of carbonyl (C=O) groups excluding carboxylic acids is 1. The number of thiazole rings is 1. The van der Waals surface area contributed by atoms with Crippen LogP contribution in [-0.4, -0.2) is 43.4 Å². The summed E-state index contributed by atoms with van der Waals surface area (Å²) in [5.41, 5.74) is 6.81. The van der Waals surface area contributed by atoms with Gasteiger partial charge in [-0.3, -0.25) is 14.8 Å². The first kappa shape index (κ1) is 16.9. The average molecular weight is 391 g/mol. The quantitative estimate of drug-likeness (QED) is 0.716. The standard InChI is InChI=1S/C19H17N7OS/c20-16(27)14-8-12(4-7-22-14)19(5-1-6-21-10-19)15-9-28-18(24-15)17-25-23-11-26(17)13-2-3-13/h1,4-9,11,13H,2-3,10H2,(H2,20,27). The second-order valence-electron chi connectivity index (χ2n) is 6.95. The molecule has 1 aliphatic carbocycles. The Kier molecular flexibility index (Phi) is 3.90. The van der Waals surface area contributed by atoms with Crippen molar-refractivity contribution in [2.75, 3.05) is 6.54 Å². The Morgan fingerprint density at radius 1 is 1.36 bits per heavy atom. The molecule has 1 unspecified atom stereocenters. The minimum absolute atomic E-state index is 0.226. The smallest absolute Gasteiger partial charge is 0.267 e. The van der Waals surface area contributed by atoms with Crippen LogP contribution in [0.4, 0.5) is 0 Å². The van der Waals surface area contributed by atoms with E-state index in [1.807, 2.05) is 17.5 Å². The highest BCUT2D eigenvalue weighted by molar-refractivity contribution is 7.13. The number of carbonyl (C=O) groups is 1. The average Bonchev–Trinajstić information content (AvgIpc) is 3.25. The van der Waals surface area contributed by atoms with Gasteiger partial charge in [0, 0.05) is 23.8 Å². The zero-order valence-electron chi connectivity index (χ0n) is 14.9. The van der Waals surface area contributed by atoms with Crippen LogP contribution < -0.4 is 5.73 Å². The predicted octanol–water partition coefficient (Wildman–Crippen LogP) is 2.16. The Labute approximate surface area is 164 Å². The van der Waals surface area contributed by atoms with Gasteiger partial charge in [0.25, 0.3) is 5.91 Å². The molecule has 1 amide bonds. The summed E-state index contributed by atoms with van der Waals surface area (Å²) in [4.78, 5) is 25.1. The number of amides is 1. The van der Waals surface area contributed by atoms with E-state index in [1.54, 1.807) is 24.8 Å². The molecule has 0 saturated heterocycles. The van der Waals surface area contributed by atoms with Crippen molar-refractivity contribution in [3.05, 3.63) is 59.1 Å². The topological polar surface area (TPSA) is 112 Å². The molecule has 0 bridgehead atoms. The minimum atomic E-state index is -0.582. The van der Waals surface area contributed by atoms with Crippen LogP contribution in [0.25, 0.3) is 10.8 Å². The maximum atomic E-state index is 11.6. The van der Waals surface area contributed by atoms with Crippen molar-refractivity contribution in [1.82, 2.24) is 24.7 Å². The molecular weight excluding hydrogens is 374 g/mol. The Hall–Kier alpha value is -3.20. The first-order valence-corrected chi connectivity index (χ1v) is 9.85. The third-order valence-electron chi connectivity index (χ3n) is 5.11. The van der Waals surface area contributed by atoms with E-state index in [1.165, 1.54) is 11.3 Å². The first-order chi connectivity index (χ1) is 13.7. The maximum absolute atomic E-state index is 11.6. The highest BCUT2D eigenvalue weighted by atomic mass is 32.1. The van der Waals surface area contributed by atoms with Crippen LogP contribution in [0.3, 0.4) is 0 Å². The summed E-state index contributed by atoms with van der Waals surface area (Å²) in [6, 6.07) is 4.08. The van der Waals surface area contributed by atoms with Gasteiger partial charge in [0.05, 0.1) is 17.7 Å². The molecule has 2 N–H and O–H groups in total. The molecular formula is C19H17N7OS. The van der Waals surface area contributed by atoms with Crippen molar-refractivity contribution in [3.63, 3.8) is 0 Å². The molecule has 0 spiro atoms. The summed E-state index contributed by atoms with van der Waals surface area (Å²) in [5.74, 6) is 0.238. The number of primary amides is 1. The summed E-state index contributed by atoms with van der Waals surface area (Å²) in [7, 11) is 0. The van der Waals surface area contributed by atoms with Crippen LogP contribution >= 0.6 is 11.3 Å². The van der Waals surface area contributed by atoms with Gasteiger partial charge < -0.3 is 10.3 Å². The number of pyridine rings is 1. The molecule has 1 atom stereocenters. The Morgan fingerprint density at radius 3 is 3.00 bits per heavy atom. The molecule has 1 aliphatic heterocycles. The number of nitrogens with zero attached hydrogens (tertiary/aromatic N) is 6. The third-order valence-corrected chi connectivity index (χ3v) is 5.94. The first-order valence-electron chi connectivity index (χ1n) is 8.97. The van der Waals surface area contributed by atoms with Crippen molar-refractivity contribution in [1.29, 1.82) is 0 Å². The fourth-order valence-corrected chi connectivity index (χ4v) is 4.35. The van der Waals surface area contributed by atoms with Gasteiger partial charge in [-0.15, -0.1) is 21.5 Å². The highest BCUT2D eigenvalue weighted by Gasteiger charge is 2.36. The molecule has 5 rings (SSSR count). The number of hydrogen-bond donors (Lipinski definition) is 1. The van der Waals surface area contributed by atoms with E-state index in [-0.39, 0.29) is 5.69 Å². The van der Waals surface area contributed by atoms with E-state index in [0.717, 1.165) is 34.9 Å². The van der Waals surface area contributed by atoms with Crippen molar-refractivity contribution >= 4 is 23.5 Å². The van der Waals surface area contributed by atoms with Crippen LogP contribution in [0, 0.1) is 0 Å². The number of nitrogens with two attached hydrogens (primary N) is 1. The maximum Gasteiger partial charge on any atom is 0.267 e. The van der Waals surface area contributed by atoms with E-state index in [0.29, 0.717) is 12.6 Å². The fraction of sp³-hybridized carbons (Fsp3) is 0.263. The SMILES string of the molecule is NC(=O)c1cc(C2(c3csc(-c4nncn4C4CC4)n3)C=CC=NC2)ccn1. The highest BCUT2D eigenvalue weighted by Crippen LogP contribution is 2.40. The van der Waals surface area contributed by atoms with Crippen LogP contribution in [0.1, 0.15) is 40.6 Å². The lowest BCUT2D eigenvalue weighted by molar-refractivity contribution is 0.0995. The number of aromatic nitrogens is 5. The Morgan fingerprint density at radius 2 is 2.25 bits per heavy atom. The Bertz CT molecular complexity index is 1110. The van der Waals surface area contributed by atoms with E-state index >= 15 is 0 Å². The van der Waals surface area contributed by atoms with Crippen LogP contribution in [-0.2, 0) is 5.41 Å². The van der Waals surface area contributed by atoms with Crippen molar-refractivity contribution < 1.29 is 4.79 Å². The monoisotopic (exact) mass is 391 g/mol. The van der Waals surface area contributed by atoms with Crippen LogP contribution in [0.2, 0.25) is 0 Å². The predicted molar refractivity (Wildman–Crippen MR) is 105 cm³/mol. The van der Waals surface area contributed by atoms with E-state index in [9.17, 15) is 4.79 Å². The van der Waals surface area contributed by atoms with Gasteiger partial charge in [-0.05, 0) is 36.6 Å². The lowest BCUT2D eigenvalue weighted by Gasteiger charge is -2.29. The third kappa shape index (κ3) is 2.75. The lowest BCUT2D eigenvalue weighted by Crippen LogP contribution is -2.32. The van der Waals surface area contributed by atoms with Crippen molar-refractivity contribution in [2.24, 2.45) is 10.7 Å². The summed E-state index contributed by atoms with van der Waals surface area (Å²) in [5, 5.41) is 11.2. The second kappa shape index (κ2) is 6.45. The molecule has 0 aromatic carbocycles. The molecule has 3 aromatic heterocycles. The summed E-state index contributed by atoms with van der Waals surface area (Å²) >= 11 is 1.54. The summed E-state index contributed by atoms with van der Waals surface area (Å²) in [6.07, 6.45) is 11.4. The fourth-order valence-electron chi connectivity index (χ4n) is 3.46. The molecule has 1 saturated carbocycles. The molecule has 2 aliphatic rings. The second-order valence-corrected chi connectivity index (χ2v) is 7.80. The van der Waals surface area contributed by atoms with Gasteiger partial charge in [-0.25, -0.2) is 4.98 Å². The van der Waals surface area contributed by atoms with Crippen LogP contribution in [0.15, 0.2) is 47.2 Å². The van der Waals surface area contributed by atoms with Gasteiger partial charge in [0.15, 0.2) is 10.8 Å². The molecule has 9 heteroatoms. The molecule has 3 aromatic rings. The van der Waals surface area contributed by atoms with Gasteiger partial charge in [0.2, 0.25) is 0 Å². The van der Waals surface area contributed by atoms with Crippen molar-refractivity contribution in [3.8, 4) is 10.8 Å². The zero-order valence-corrected chi connectivity index (χ0v) is 15.7. The molecule has 0 radical (unpaired) electrons. The number of aliphatic imine (C=N–C) groups is 1. The molecule has 4 heterocycles. The summed E-state index contributed by atoms with van der Waals surface area (Å²) in [6.45, 7) is 0.490. The normalized spacial score (nSPS) is 21.1. The molecule has 1 fully saturated rings. The number of allylic oxidation sites excluding steroid dienone is 1. The number of rotatable bonds is 5. The van der Waals surface area contributed by atoms with Gasteiger partial charge in [-0.2, -0.15) is 0 Å². The zero-order chi connectivity index (χ0) is 19.1.